The van der Waals surface area contributed by atoms with Crippen LogP contribution in [0.2, 0.25) is 0 Å². The number of nitrogens with zero attached hydrogens (tertiary/aromatic N) is 2. The van der Waals surface area contributed by atoms with Gasteiger partial charge in [-0.2, -0.15) is 4.37 Å². The second kappa shape index (κ2) is 8.20. The first-order valence-electron chi connectivity index (χ1n) is 7.28. The third kappa shape index (κ3) is 5.13. The molecule has 9 nitrogen and oxygen atoms in total. The number of aromatic nitrogens is 1. The van der Waals surface area contributed by atoms with E-state index in [1.807, 2.05) is 4.90 Å². The molecular weight excluding hydrogens is 324 g/mol. The molecule has 2 rings (SSSR count). The number of rotatable bonds is 7. The summed E-state index contributed by atoms with van der Waals surface area (Å²) in [5.41, 5.74) is -0.0312. The number of nitrogens with one attached hydrogen (secondary N) is 2. The van der Waals surface area contributed by atoms with Crippen LogP contribution in [0.5, 0.6) is 0 Å². The largest absolute Gasteiger partial charge is 0.478 e. The van der Waals surface area contributed by atoms with Gasteiger partial charge in [-0.15, -0.1) is 0 Å². The molecule has 1 saturated heterocycles. The number of aliphatic hydroxyl groups is 2. The molecular formula is C13H20N4O5S. The average Bonchev–Trinajstić information content (AvgIpc) is 3.06. The number of hydrogen-bond donors (Lipinski definition) is 5. The molecule has 0 aliphatic carbocycles. The minimum atomic E-state index is -1.14. The van der Waals surface area contributed by atoms with Crippen LogP contribution < -0.4 is 10.6 Å². The van der Waals surface area contributed by atoms with Crippen molar-refractivity contribution in [1.29, 1.82) is 0 Å². The van der Waals surface area contributed by atoms with Gasteiger partial charge < -0.3 is 20.6 Å². The van der Waals surface area contributed by atoms with Crippen LogP contribution >= 0.6 is 11.5 Å². The number of carboxylic acid groups (broad SMARTS) is 1. The first-order valence-corrected chi connectivity index (χ1v) is 8.12. The highest BCUT2D eigenvalue weighted by atomic mass is 32.1. The average molecular weight is 344 g/mol. The summed E-state index contributed by atoms with van der Waals surface area (Å²) in [4.78, 5) is 24.5. The zero-order valence-electron chi connectivity index (χ0n) is 12.4. The number of carboxylic acids is 1. The van der Waals surface area contributed by atoms with Gasteiger partial charge in [0.2, 0.25) is 0 Å². The Kier molecular flexibility index (Phi) is 6.28. The topological polar surface area (TPSA) is 135 Å². The van der Waals surface area contributed by atoms with Crippen LogP contribution in [-0.2, 0) is 0 Å². The number of carbonyl (C=O) groups excluding carboxylic acids is 1. The van der Waals surface area contributed by atoms with E-state index in [0.29, 0.717) is 19.6 Å². The summed E-state index contributed by atoms with van der Waals surface area (Å²) < 4.78 is 3.82. The van der Waals surface area contributed by atoms with E-state index in [1.54, 1.807) is 0 Å². The molecule has 1 aliphatic rings. The maximum absolute atomic E-state index is 11.7. The van der Waals surface area contributed by atoms with E-state index in [9.17, 15) is 19.8 Å². The first-order chi connectivity index (χ1) is 11.0. The molecule has 1 fully saturated rings. The van der Waals surface area contributed by atoms with E-state index in [1.165, 1.54) is 5.38 Å². The minimum absolute atomic E-state index is 0.0312. The van der Waals surface area contributed by atoms with Crippen LogP contribution in [-0.4, -0.2) is 75.0 Å². The van der Waals surface area contributed by atoms with Crippen molar-refractivity contribution in [2.24, 2.45) is 0 Å². The lowest BCUT2D eigenvalue weighted by atomic mass is 10.3. The quantitative estimate of drug-likeness (QED) is 0.432. The van der Waals surface area contributed by atoms with Gasteiger partial charge in [-0.1, -0.05) is 0 Å². The lowest BCUT2D eigenvalue weighted by Crippen LogP contribution is -2.31. The van der Waals surface area contributed by atoms with E-state index in [-0.39, 0.29) is 11.4 Å². The van der Waals surface area contributed by atoms with Crippen molar-refractivity contribution in [3.8, 4) is 0 Å². The Morgan fingerprint density at radius 3 is 2.65 bits per heavy atom. The SMILES string of the molecule is O=C(NCCCCN1CC(O)C(O)C1)Nc1nscc1C(=O)O. The van der Waals surface area contributed by atoms with Crippen molar-refractivity contribution >= 4 is 29.4 Å². The number of anilines is 1. The molecule has 2 amide bonds. The van der Waals surface area contributed by atoms with E-state index >= 15 is 0 Å². The number of urea groups is 1. The van der Waals surface area contributed by atoms with Gasteiger partial charge in [0.15, 0.2) is 5.82 Å². The Bertz CT molecular complexity index is 542. The Labute approximate surface area is 137 Å². The summed E-state index contributed by atoms with van der Waals surface area (Å²) in [6.07, 6.45) is 0.191. The summed E-state index contributed by atoms with van der Waals surface area (Å²) in [6, 6.07) is -0.495. The predicted octanol–water partition coefficient (Wildman–Crippen LogP) is -0.220. The number of hydrogen-bond acceptors (Lipinski definition) is 7. The molecule has 2 atom stereocenters. The molecule has 0 spiro atoms. The van der Waals surface area contributed by atoms with E-state index in [2.05, 4.69) is 15.0 Å². The molecule has 0 bridgehead atoms. The molecule has 2 unspecified atom stereocenters. The van der Waals surface area contributed by atoms with Gasteiger partial charge in [0, 0.05) is 25.0 Å². The van der Waals surface area contributed by atoms with Gasteiger partial charge in [-0.05, 0) is 30.9 Å². The third-order valence-electron chi connectivity index (χ3n) is 3.55. The molecule has 1 aromatic rings. The first kappa shape index (κ1) is 17.6. The summed E-state index contributed by atoms with van der Waals surface area (Å²) in [6.45, 7) is 2.12. The van der Waals surface area contributed by atoms with Crippen LogP contribution in [0.25, 0.3) is 0 Å². The van der Waals surface area contributed by atoms with Gasteiger partial charge in [0.25, 0.3) is 0 Å². The Hall–Kier alpha value is -1.75. The number of carbonyl (C=O) groups is 2. The van der Waals surface area contributed by atoms with Crippen LogP contribution in [0, 0.1) is 0 Å². The van der Waals surface area contributed by atoms with Crippen LogP contribution in [0.1, 0.15) is 23.2 Å². The van der Waals surface area contributed by atoms with Gasteiger partial charge >= 0.3 is 12.0 Å². The van der Waals surface area contributed by atoms with Crippen molar-refractivity contribution in [3.63, 3.8) is 0 Å². The standard InChI is InChI=1S/C13H20N4O5S/c18-9-5-17(6-10(9)19)4-2-1-3-14-13(22)15-11-8(12(20)21)7-23-16-11/h7,9-10,18-19H,1-6H2,(H,20,21)(H2,14,15,16,22). The van der Waals surface area contributed by atoms with E-state index in [0.717, 1.165) is 30.9 Å². The summed E-state index contributed by atoms with van der Waals surface area (Å²) in [7, 11) is 0. The third-order valence-corrected chi connectivity index (χ3v) is 4.18. The molecule has 0 radical (unpaired) electrons. The number of unbranched alkanes of at least 4 members (excludes halogenated alkanes) is 1. The number of amides is 2. The maximum atomic E-state index is 11.7. The Morgan fingerprint density at radius 2 is 2.00 bits per heavy atom. The maximum Gasteiger partial charge on any atom is 0.340 e. The molecule has 1 aliphatic heterocycles. The molecule has 128 valence electrons. The van der Waals surface area contributed by atoms with Gasteiger partial charge in [-0.25, -0.2) is 9.59 Å². The second-order valence-electron chi connectivity index (χ2n) is 5.36. The van der Waals surface area contributed by atoms with Crippen molar-refractivity contribution < 1.29 is 24.9 Å². The van der Waals surface area contributed by atoms with Crippen molar-refractivity contribution in [2.45, 2.75) is 25.0 Å². The zero-order valence-corrected chi connectivity index (χ0v) is 13.3. The fraction of sp³-hybridized carbons (Fsp3) is 0.615. The molecule has 2 heterocycles. The Morgan fingerprint density at radius 1 is 1.30 bits per heavy atom. The summed E-state index contributed by atoms with van der Waals surface area (Å²) in [5.74, 6) is -1.09. The highest BCUT2D eigenvalue weighted by molar-refractivity contribution is 7.04. The van der Waals surface area contributed by atoms with Gasteiger partial charge in [-0.3, -0.25) is 10.2 Å². The fourth-order valence-corrected chi connectivity index (χ4v) is 2.94. The molecule has 0 aromatic carbocycles. The molecule has 1 aromatic heterocycles. The normalized spacial score (nSPS) is 21.3. The smallest absolute Gasteiger partial charge is 0.340 e. The van der Waals surface area contributed by atoms with Crippen molar-refractivity contribution in [1.82, 2.24) is 14.6 Å². The van der Waals surface area contributed by atoms with Gasteiger partial charge in [0.1, 0.15) is 5.56 Å². The summed E-state index contributed by atoms with van der Waals surface area (Å²) in [5, 5.41) is 34.2. The van der Waals surface area contributed by atoms with Gasteiger partial charge in [0.05, 0.1) is 12.2 Å². The molecule has 10 heteroatoms. The summed E-state index contributed by atoms with van der Waals surface area (Å²) >= 11 is 0.963. The molecule has 5 N–H and O–H groups in total. The predicted molar refractivity (Wildman–Crippen MR) is 83.8 cm³/mol. The Balaban J connectivity index is 1.60. The van der Waals surface area contributed by atoms with Crippen molar-refractivity contribution in [2.75, 3.05) is 31.5 Å². The zero-order chi connectivity index (χ0) is 16.8. The highest BCUT2D eigenvalue weighted by Gasteiger charge is 2.28. The number of likely N-dealkylation sites (tertiary alicyclic amines) is 1. The fourth-order valence-electron chi connectivity index (χ4n) is 2.32. The van der Waals surface area contributed by atoms with Crippen LogP contribution in [0.15, 0.2) is 5.38 Å². The lowest BCUT2D eigenvalue weighted by molar-refractivity contribution is 0.0572. The minimum Gasteiger partial charge on any atom is -0.478 e. The van der Waals surface area contributed by atoms with E-state index in [4.69, 9.17) is 5.11 Å². The highest BCUT2D eigenvalue weighted by Crippen LogP contribution is 2.15. The number of aromatic carboxylic acids is 1. The number of aliphatic hydroxyl groups excluding tert-OH is 2. The molecule has 23 heavy (non-hydrogen) atoms. The number of β-amino-alcohol motifs (C(OH)–C–C–N with tert-alkyl or cyclic N) is 2. The van der Waals surface area contributed by atoms with Crippen molar-refractivity contribution in [3.05, 3.63) is 10.9 Å². The van der Waals surface area contributed by atoms with Crippen LogP contribution in [0.3, 0.4) is 0 Å². The second-order valence-corrected chi connectivity index (χ2v) is 5.99. The monoisotopic (exact) mass is 344 g/mol. The molecule has 0 saturated carbocycles. The van der Waals surface area contributed by atoms with E-state index < -0.39 is 24.2 Å². The lowest BCUT2D eigenvalue weighted by Gasteiger charge is -2.14. The van der Waals surface area contributed by atoms with Crippen LogP contribution in [0.4, 0.5) is 10.6 Å².